The van der Waals surface area contributed by atoms with Crippen molar-refractivity contribution in [1.29, 1.82) is 0 Å². The largest absolute Gasteiger partial charge is 0.322 e. The van der Waals surface area contributed by atoms with Crippen molar-refractivity contribution in [1.82, 2.24) is 20.2 Å². The minimum atomic E-state index is -0.483. The lowest BCUT2D eigenvalue weighted by Gasteiger charge is -2.11. The minimum Gasteiger partial charge on any atom is -0.322 e. The van der Waals surface area contributed by atoms with E-state index in [4.69, 9.17) is 0 Å². The van der Waals surface area contributed by atoms with Crippen LogP contribution < -0.4 is 5.32 Å². The Kier molecular flexibility index (Phi) is 4.39. The third-order valence-electron chi connectivity index (χ3n) is 3.45. The third kappa shape index (κ3) is 3.33. The van der Waals surface area contributed by atoms with Crippen LogP contribution in [0.5, 0.6) is 0 Å². The fourth-order valence-corrected chi connectivity index (χ4v) is 2.72. The third-order valence-corrected chi connectivity index (χ3v) is 3.90. The summed E-state index contributed by atoms with van der Waals surface area (Å²) in [4.78, 5) is 12.3. The molecular weight excluding hydrogens is 377 g/mol. The van der Waals surface area contributed by atoms with Crippen LogP contribution in [0.15, 0.2) is 40.9 Å². The van der Waals surface area contributed by atoms with Gasteiger partial charge in [-0.15, -0.1) is 5.10 Å². The zero-order chi connectivity index (χ0) is 17.3. The highest BCUT2D eigenvalue weighted by molar-refractivity contribution is 9.10. The van der Waals surface area contributed by atoms with Crippen molar-refractivity contribution < 1.29 is 9.18 Å². The number of nitrogens with one attached hydrogen (secondary N) is 1. The van der Waals surface area contributed by atoms with Crippen LogP contribution in [-0.2, 0) is 0 Å². The molecule has 1 heterocycles. The molecule has 8 heteroatoms. The fourth-order valence-electron chi connectivity index (χ4n) is 2.26. The van der Waals surface area contributed by atoms with E-state index in [1.165, 1.54) is 12.1 Å². The Labute approximate surface area is 145 Å². The highest BCUT2D eigenvalue weighted by Crippen LogP contribution is 2.21. The Bertz CT molecular complexity index is 904. The number of tetrazole rings is 1. The van der Waals surface area contributed by atoms with Gasteiger partial charge in [0.05, 0.1) is 5.69 Å². The first kappa shape index (κ1) is 16.3. The molecule has 24 heavy (non-hydrogen) atoms. The number of benzene rings is 2. The maximum absolute atomic E-state index is 13.4. The van der Waals surface area contributed by atoms with Crippen molar-refractivity contribution in [3.63, 3.8) is 0 Å². The summed E-state index contributed by atoms with van der Waals surface area (Å²) in [6.45, 7) is 3.71. The molecule has 0 bridgehead atoms. The smallest absolute Gasteiger partial charge is 0.255 e. The minimum absolute atomic E-state index is 0.225. The molecule has 0 unspecified atom stereocenters. The fraction of sp³-hybridized carbons (Fsp3) is 0.125. The molecule has 0 fully saturated rings. The topological polar surface area (TPSA) is 72.7 Å². The van der Waals surface area contributed by atoms with Gasteiger partial charge in [0.1, 0.15) is 5.82 Å². The summed E-state index contributed by atoms with van der Waals surface area (Å²) in [7, 11) is 0. The van der Waals surface area contributed by atoms with E-state index < -0.39 is 11.7 Å². The zero-order valence-electron chi connectivity index (χ0n) is 12.9. The van der Waals surface area contributed by atoms with Gasteiger partial charge in [-0.2, -0.15) is 4.68 Å². The Morgan fingerprint density at radius 1 is 1.21 bits per heavy atom. The van der Waals surface area contributed by atoms with Gasteiger partial charge in [0.15, 0.2) is 5.82 Å². The zero-order valence-corrected chi connectivity index (χ0v) is 14.5. The molecule has 0 spiro atoms. The molecule has 0 saturated carbocycles. The van der Waals surface area contributed by atoms with Crippen LogP contribution in [0.2, 0.25) is 0 Å². The van der Waals surface area contributed by atoms with Crippen LogP contribution >= 0.6 is 15.9 Å². The number of rotatable bonds is 3. The number of carbonyl (C=O) groups excluding carboxylic acids is 1. The van der Waals surface area contributed by atoms with Crippen LogP contribution in [0.4, 0.5) is 10.1 Å². The number of anilines is 1. The maximum Gasteiger partial charge on any atom is 0.255 e. The molecule has 122 valence electrons. The number of halogens is 2. The average molecular weight is 390 g/mol. The summed E-state index contributed by atoms with van der Waals surface area (Å²) < 4.78 is 15.5. The summed E-state index contributed by atoms with van der Waals surface area (Å²) in [5.74, 6) is -0.252. The molecule has 6 nitrogen and oxygen atoms in total. The summed E-state index contributed by atoms with van der Waals surface area (Å²) in [5, 5.41) is 14.2. The monoisotopic (exact) mass is 389 g/mol. The Hall–Kier alpha value is -2.61. The van der Waals surface area contributed by atoms with Crippen molar-refractivity contribution in [2.75, 3.05) is 5.32 Å². The Balaban J connectivity index is 1.91. The molecule has 3 aromatic rings. The lowest BCUT2D eigenvalue weighted by Crippen LogP contribution is -2.13. The lowest BCUT2D eigenvalue weighted by molar-refractivity contribution is 0.102. The molecule has 3 rings (SSSR count). The van der Waals surface area contributed by atoms with Gasteiger partial charge < -0.3 is 5.32 Å². The van der Waals surface area contributed by atoms with Gasteiger partial charge in [-0.05, 0) is 60.2 Å². The quantitative estimate of drug-likeness (QED) is 0.744. The molecule has 0 saturated heterocycles. The molecule has 1 aromatic heterocycles. The van der Waals surface area contributed by atoms with Gasteiger partial charge >= 0.3 is 0 Å². The van der Waals surface area contributed by atoms with Gasteiger partial charge in [-0.25, -0.2) is 4.39 Å². The standard InChI is InChI=1S/C16H13BrFN5O/c1-9-3-4-14(8-15(9)23-10(2)20-21-22-23)19-16(24)11-5-12(17)7-13(18)6-11/h3-8H,1-2H3,(H,19,24). The van der Waals surface area contributed by atoms with Gasteiger partial charge in [0.25, 0.3) is 5.91 Å². The Morgan fingerprint density at radius 2 is 2.00 bits per heavy atom. The van der Waals surface area contributed by atoms with E-state index in [0.29, 0.717) is 16.0 Å². The highest BCUT2D eigenvalue weighted by Gasteiger charge is 2.12. The molecular formula is C16H13BrFN5O. The van der Waals surface area contributed by atoms with Crippen LogP contribution in [0.1, 0.15) is 21.7 Å². The van der Waals surface area contributed by atoms with Gasteiger partial charge in [-0.1, -0.05) is 22.0 Å². The van der Waals surface area contributed by atoms with Crippen LogP contribution in [-0.4, -0.2) is 26.1 Å². The maximum atomic E-state index is 13.4. The molecule has 1 N–H and O–H groups in total. The summed E-state index contributed by atoms with van der Waals surface area (Å²) >= 11 is 3.18. The van der Waals surface area contributed by atoms with E-state index in [-0.39, 0.29) is 5.56 Å². The van der Waals surface area contributed by atoms with E-state index in [9.17, 15) is 9.18 Å². The number of carbonyl (C=O) groups is 1. The average Bonchev–Trinajstić information content (AvgIpc) is 2.94. The first-order valence-electron chi connectivity index (χ1n) is 7.07. The van der Waals surface area contributed by atoms with E-state index in [0.717, 1.165) is 11.3 Å². The molecule has 0 radical (unpaired) electrons. The summed E-state index contributed by atoms with van der Waals surface area (Å²) in [6, 6.07) is 9.42. The number of hydrogen-bond donors (Lipinski definition) is 1. The molecule has 1 amide bonds. The summed E-state index contributed by atoms with van der Waals surface area (Å²) in [6.07, 6.45) is 0. The van der Waals surface area contributed by atoms with Crippen LogP contribution in [0, 0.1) is 19.7 Å². The van der Waals surface area contributed by atoms with Crippen molar-refractivity contribution in [3.05, 3.63) is 63.6 Å². The molecule has 0 aliphatic carbocycles. The molecule has 0 atom stereocenters. The van der Waals surface area contributed by atoms with E-state index in [1.54, 1.807) is 29.8 Å². The predicted molar refractivity (Wildman–Crippen MR) is 90.7 cm³/mol. The van der Waals surface area contributed by atoms with E-state index in [2.05, 4.69) is 36.8 Å². The number of aromatic nitrogens is 4. The lowest BCUT2D eigenvalue weighted by atomic mass is 10.1. The van der Waals surface area contributed by atoms with Crippen molar-refractivity contribution >= 4 is 27.5 Å². The SMILES string of the molecule is Cc1ccc(NC(=O)c2cc(F)cc(Br)c2)cc1-n1nnnc1C. The van der Waals surface area contributed by atoms with Crippen LogP contribution in [0.25, 0.3) is 5.69 Å². The predicted octanol–water partition coefficient (Wildman–Crippen LogP) is 3.43. The van der Waals surface area contributed by atoms with E-state index in [1.807, 2.05) is 13.0 Å². The second kappa shape index (κ2) is 6.48. The van der Waals surface area contributed by atoms with Gasteiger partial charge in [0, 0.05) is 15.7 Å². The first-order chi connectivity index (χ1) is 11.4. The normalized spacial score (nSPS) is 10.7. The van der Waals surface area contributed by atoms with Crippen molar-refractivity contribution in [2.24, 2.45) is 0 Å². The number of aryl methyl sites for hydroxylation is 2. The van der Waals surface area contributed by atoms with Crippen molar-refractivity contribution in [2.45, 2.75) is 13.8 Å². The first-order valence-corrected chi connectivity index (χ1v) is 7.87. The molecule has 0 aliphatic heterocycles. The second-order valence-corrected chi connectivity index (χ2v) is 6.17. The van der Waals surface area contributed by atoms with Crippen molar-refractivity contribution in [3.8, 4) is 5.69 Å². The second-order valence-electron chi connectivity index (χ2n) is 5.25. The summed E-state index contributed by atoms with van der Waals surface area (Å²) in [5.41, 5.74) is 2.51. The molecule has 0 aliphatic rings. The van der Waals surface area contributed by atoms with E-state index >= 15 is 0 Å². The molecule has 2 aromatic carbocycles. The number of nitrogens with zero attached hydrogens (tertiary/aromatic N) is 4. The van der Waals surface area contributed by atoms with Gasteiger partial charge in [-0.3, -0.25) is 4.79 Å². The number of hydrogen-bond acceptors (Lipinski definition) is 4. The Morgan fingerprint density at radius 3 is 2.67 bits per heavy atom. The van der Waals surface area contributed by atoms with Gasteiger partial charge in [0.2, 0.25) is 0 Å². The van der Waals surface area contributed by atoms with Crippen LogP contribution in [0.3, 0.4) is 0 Å². The highest BCUT2D eigenvalue weighted by atomic mass is 79.9. The number of amides is 1.